The summed E-state index contributed by atoms with van der Waals surface area (Å²) >= 11 is 0. The van der Waals surface area contributed by atoms with Crippen molar-refractivity contribution in [2.75, 3.05) is 33.3 Å². The number of aromatic amines is 4. The molecule has 12 aromatic rings. The van der Waals surface area contributed by atoms with Crippen LogP contribution in [0, 0.1) is 96.8 Å². The number of fused-ring (bicyclic) bond motifs is 4. The Hall–Kier alpha value is -7.99. The fourth-order valence-corrected chi connectivity index (χ4v) is 7.89. The Labute approximate surface area is 601 Å². The van der Waals surface area contributed by atoms with Crippen molar-refractivity contribution >= 4 is 68.5 Å². The van der Waals surface area contributed by atoms with Gasteiger partial charge in [-0.05, 0) is 45.8 Å². The molecule has 4 aromatic carbocycles. The Morgan fingerprint density at radius 2 is 0.543 bits per heavy atom. The van der Waals surface area contributed by atoms with E-state index in [0.29, 0.717) is 71.0 Å². The summed E-state index contributed by atoms with van der Waals surface area (Å²) < 4.78 is 67.9. The van der Waals surface area contributed by atoms with Crippen LogP contribution in [0.3, 0.4) is 0 Å². The van der Waals surface area contributed by atoms with E-state index in [-0.39, 0.29) is 99.3 Å². The molecule has 8 heterocycles. The van der Waals surface area contributed by atoms with Crippen molar-refractivity contribution in [3.8, 4) is 23.0 Å². The summed E-state index contributed by atoms with van der Waals surface area (Å²) in [5.74, 6) is -0.243. The van der Waals surface area contributed by atoms with Crippen molar-refractivity contribution in [3.05, 3.63) is 217 Å². The number of halogens is 2. The molecule has 5 N–H and O–H groups in total. The molecule has 8 aromatic heterocycles. The molecule has 0 aliphatic rings. The first-order valence-electron chi connectivity index (χ1n) is 27.2. The maximum Gasteiger partial charge on any atom is 3.00 e. The van der Waals surface area contributed by atoms with Crippen molar-refractivity contribution in [1.29, 1.82) is 0 Å². The van der Waals surface area contributed by atoms with Crippen LogP contribution in [0.15, 0.2) is 191 Å². The van der Waals surface area contributed by atoms with Gasteiger partial charge in [-0.25, -0.2) is 77.1 Å². The second-order valence-electron chi connectivity index (χ2n) is 18.4. The van der Waals surface area contributed by atoms with Crippen LogP contribution in [0.5, 0.6) is 23.0 Å². The van der Waals surface area contributed by atoms with Gasteiger partial charge < -0.3 is 45.5 Å². The molecular weight excluding hydrogens is 1560 g/mol. The number of pyridine rings is 4. The topological polar surface area (TPSA) is 513 Å². The van der Waals surface area contributed by atoms with Gasteiger partial charge in [-0.3, -0.25) is 20.0 Å². The minimum absolute atomic E-state index is 0. The van der Waals surface area contributed by atoms with Crippen molar-refractivity contribution in [1.82, 2.24) is 59.8 Å². The molecule has 0 saturated heterocycles. The van der Waals surface area contributed by atoms with Crippen LogP contribution in [0.25, 0.3) is 43.6 Å². The summed E-state index contributed by atoms with van der Waals surface area (Å²) in [6.07, 6.45) is 23.9. The molecule has 0 amide bonds. The minimum Gasteiger partial charge on any atom is -0.871 e. The van der Waals surface area contributed by atoms with Crippen molar-refractivity contribution in [3.63, 3.8) is 0 Å². The fourth-order valence-electron chi connectivity index (χ4n) is 7.89. The Morgan fingerprint density at radius 1 is 0.340 bits per heavy atom. The zero-order valence-electron chi connectivity index (χ0n) is 49.2. The third-order valence-electron chi connectivity index (χ3n) is 11.9. The molecule has 12 rings (SSSR count). The summed E-state index contributed by atoms with van der Waals surface area (Å²) in [5, 5.41) is 57.2. The molecule has 33 heteroatoms. The van der Waals surface area contributed by atoms with Gasteiger partial charge in [-0.15, -0.1) is 20.5 Å². The van der Waals surface area contributed by atoms with Crippen molar-refractivity contribution in [2.45, 2.75) is 25.7 Å². The minimum atomic E-state index is -4.94. The molecule has 0 spiro atoms. The number of nitrogens with zero attached hydrogens (tertiary/aromatic N) is 12. The second-order valence-corrected chi connectivity index (χ2v) is 19.9. The van der Waals surface area contributed by atoms with Gasteiger partial charge in [0.2, 0.25) is 0 Å². The van der Waals surface area contributed by atoms with Crippen molar-refractivity contribution in [2.24, 2.45) is 20.0 Å². The van der Waals surface area contributed by atoms with E-state index in [9.17, 15) is 20.4 Å². The van der Waals surface area contributed by atoms with Crippen LogP contribution in [-0.2, 0) is 25.7 Å². The number of imidazole rings is 4. The number of nitrogens with one attached hydrogen (secondary N) is 4. The molecule has 0 atom stereocenters. The molecule has 94 heavy (non-hydrogen) atoms. The maximum atomic E-state index is 11.7. The van der Waals surface area contributed by atoms with Gasteiger partial charge in [0, 0.05) is 109 Å². The van der Waals surface area contributed by atoms with Gasteiger partial charge in [0.25, 0.3) is 0 Å². The van der Waals surface area contributed by atoms with Gasteiger partial charge in [-0.1, -0.05) is 120 Å². The number of hydrogen-bond acceptors (Lipinski definition) is 25. The van der Waals surface area contributed by atoms with E-state index in [2.05, 4.69) is 79.8 Å². The number of para-hydroxylation sites is 4. The third-order valence-corrected chi connectivity index (χ3v) is 11.9. The van der Waals surface area contributed by atoms with Crippen LogP contribution in [0.4, 0.5) is 0 Å². The molecular formula is C61H56Cl2Dy2N16O13. The Morgan fingerprint density at radius 3 is 0.723 bits per heavy atom. The predicted octanol–water partition coefficient (Wildman–Crippen LogP) is -3.13. The average molecular weight is 1620 g/mol. The number of aliphatic hydroxyl groups is 1. The Balaban J connectivity index is 0.000000250. The summed E-state index contributed by atoms with van der Waals surface area (Å²) in [6, 6.07) is 35.6. The van der Waals surface area contributed by atoms with Gasteiger partial charge in [0.05, 0.1) is 92.9 Å². The normalized spacial score (nSPS) is 11.0. The molecule has 0 unspecified atom stereocenters. The smallest absolute Gasteiger partial charge is 0.871 e. The van der Waals surface area contributed by atoms with E-state index < -0.39 is 20.5 Å². The van der Waals surface area contributed by atoms with Gasteiger partial charge in [0.1, 0.15) is 0 Å². The van der Waals surface area contributed by atoms with Gasteiger partial charge in [-0.2, -0.15) is 0 Å². The van der Waals surface area contributed by atoms with E-state index in [1.807, 2.05) is 97.6 Å². The number of hydrogen-bond donors (Lipinski definition) is 5. The number of aromatic nitrogens is 12. The third kappa shape index (κ3) is 29.5. The SMILES string of the molecule is CO.[Dy+3].[Dy+3].[O-][Cl+3]([O-])([O-])[O-].[O-][Cl+3]([O-])([O-])[O-].[O-]c1cccc2ccc(C=NCCc3c[nH]cn3)nc12.[O-]c1cccc2ccc(C=NCCc3c[nH]cn3)nc12.[O-]c1cccc2ccc(C=NCCc3c[nH]cn3)nc12.[O-]c1cccc2ccc(C=NCCc3c[nH]cn3)nc12. The number of benzene rings is 4. The summed E-state index contributed by atoms with van der Waals surface area (Å²) in [5.41, 5.74) is 8.67. The molecule has 0 fully saturated rings. The first kappa shape index (κ1) is 78.4. The largest absolute Gasteiger partial charge is 3.00 e. The number of aliphatic imine (C=N–C) groups is 4. The predicted molar refractivity (Wildman–Crippen MR) is 312 cm³/mol. The summed E-state index contributed by atoms with van der Waals surface area (Å²) in [6.45, 7) is 2.57. The zero-order chi connectivity index (χ0) is 66.1. The standard InChI is InChI=1S/4C15H14N4O.CH4O.2ClHO4.2Dy/c4*20-14-3-1-2-11-4-5-13(19-15(11)14)9-16-7-6-12-8-17-10-18-12;1-2;2*2-1(3,4)5;;/h4*1-5,8-10,20H,6-7H2,(H,17,18);2H,1H3;2*(H,2,3,4,5);;/q;;;;;;;2*+3/p-6. The van der Waals surface area contributed by atoms with E-state index in [4.69, 9.17) is 42.4 Å². The van der Waals surface area contributed by atoms with Crippen LogP contribution in [0.2, 0.25) is 0 Å². The van der Waals surface area contributed by atoms with Crippen LogP contribution < -0.4 is 57.7 Å². The Kier molecular flexibility index (Phi) is 34.8. The average Bonchev–Trinajstić information content (AvgIpc) is 1.01. The van der Waals surface area contributed by atoms with Gasteiger partial charge in [0.15, 0.2) is 0 Å². The van der Waals surface area contributed by atoms with E-state index >= 15 is 0 Å². The quantitative estimate of drug-likeness (QED) is 0.0597. The van der Waals surface area contributed by atoms with E-state index in [1.54, 1.807) is 74.4 Å². The number of H-pyrrole nitrogens is 4. The van der Waals surface area contributed by atoms with Crippen molar-refractivity contribution < 1.29 is 160 Å². The zero-order valence-corrected chi connectivity index (χ0v) is 54.8. The molecule has 0 aliphatic carbocycles. The van der Waals surface area contributed by atoms with E-state index in [0.717, 1.165) is 77.1 Å². The first-order chi connectivity index (χ1) is 44.3. The molecule has 0 bridgehead atoms. The Bertz CT molecular complexity index is 3700. The molecule has 492 valence electrons. The summed E-state index contributed by atoms with van der Waals surface area (Å²) in [7, 11) is -8.89. The van der Waals surface area contributed by atoms with Crippen LogP contribution in [0.1, 0.15) is 45.6 Å². The molecule has 0 aliphatic heterocycles. The molecule has 0 saturated carbocycles. The second kappa shape index (κ2) is 41.7. The number of rotatable bonds is 16. The fraction of sp³-hybridized carbons (Fsp3) is 0.148. The monoisotopic (exact) mass is 1620 g/mol. The van der Waals surface area contributed by atoms with Crippen LogP contribution in [-0.4, -0.2) is 123 Å². The van der Waals surface area contributed by atoms with Crippen LogP contribution >= 0.6 is 0 Å². The summed E-state index contributed by atoms with van der Waals surface area (Å²) in [4.78, 5) is 62.7. The maximum absolute atomic E-state index is 11.7. The number of aliphatic hydroxyl groups excluding tert-OH is 1. The van der Waals surface area contributed by atoms with Gasteiger partial charge >= 0.3 is 76.3 Å². The molecule has 29 nitrogen and oxygen atoms in total. The van der Waals surface area contributed by atoms with E-state index in [1.165, 1.54) is 24.3 Å². The molecule has 2 radical (unpaired) electrons. The first-order valence-corrected chi connectivity index (χ1v) is 29.6.